The topological polar surface area (TPSA) is 0 Å². The quantitative estimate of drug-likeness (QED) is 0.531. The summed E-state index contributed by atoms with van der Waals surface area (Å²) >= 11 is 0. The van der Waals surface area contributed by atoms with Gasteiger partial charge in [0.15, 0.2) is 0 Å². The van der Waals surface area contributed by atoms with Crippen LogP contribution in [0, 0.1) is 0 Å². The van der Waals surface area contributed by atoms with Gasteiger partial charge in [0.05, 0.1) is 0 Å². The number of hydrogen-bond acceptors (Lipinski definition) is 0. The van der Waals surface area contributed by atoms with E-state index in [2.05, 4.69) is 0 Å². The molecule has 0 N–H and O–H groups in total. The standard InChI is InChI=1S/C6F14.Na.H/c7-1(8,3(11,12)5(15,16)17)2(9,10)4(13,14)6(18,19)20;;/q;+1;-1. The summed E-state index contributed by atoms with van der Waals surface area (Å²) in [5.41, 5.74) is 0. The molecule has 0 nitrogen and oxygen atoms in total. The molecule has 0 rings (SSSR count). The van der Waals surface area contributed by atoms with E-state index in [9.17, 15) is 61.5 Å². The molecule has 0 heterocycles. The minimum atomic E-state index is -8.04. The van der Waals surface area contributed by atoms with Gasteiger partial charge in [-0.05, 0) is 0 Å². The normalized spacial score (nSPS) is 15.7. The molecule has 124 valence electrons. The third kappa shape index (κ3) is 3.21. The Balaban J connectivity index is -0.00000180. The van der Waals surface area contributed by atoms with Crippen molar-refractivity contribution in [1.82, 2.24) is 0 Å². The molecular weight excluding hydrogens is 361 g/mol. The molecule has 0 unspecified atom stereocenters. The zero-order valence-corrected chi connectivity index (χ0v) is 11.3. The maximum absolute atomic E-state index is 12.3. The van der Waals surface area contributed by atoms with Gasteiger partial charge in [0.25, 0.3) is 0 Å². The molecule has 0 aliphatic heterocycles. The summed E-state index contributed by atoms with van der Waals surface area (Å²) < 4.78 is 166. The van der Waals surface area contributed by atoms with Crippen LogP contribution in [0.3, 0.4) is 0 Å². The van der Waals surface area contributed by atoms with E-state index in [-0.39, 0.29) is 31.0 Å². The fourth-order valence-electron chi connectivity index (χ4n) is 0.750. The van der Waals surface area contributed by atoms with E-state index >= 15 is 0 Å². The fraction of sp³-hybridized carbons (Fsp3) is 1.00. The Morgan fingerprint density at radius 2 is 0.476 bits per heavy atom. The Bertz CT molecular complexity index is 331. The molecule has 0 aromatic carbocycles. The Hall–Kier alpha value is 0.0200. The molecule has 0 fully saturated rings. The van der Waals surface area contributed by atoms with Gasteiger partial charge in [-0.2, -0.15) is 61.5 Å². The van der Waals surface area contributed by atoms with E-state index in [1.807, 2.05) is 0 Å². The van der Waals surface area contributed by atoms with Crippen molar-refractivity contribution in [3.63, 3.8) is 0 Å². The van der Waals surface area contributed by atoms with Gasteiger partial charge in [0, 0.05) is 0 Å². The molecule has 0 aromatic heterocycles. The summed E-state index contributed by atoms with van der Waals surface area (Å²) in [6.45, 7) is 0. The summed E-state index contributed by atoms with van der Waals surface area (Å²) in [6, 6.07) is 0. The molecule has 21 heavy (non-hydrogen) atoms. The largest absolute Gasteiger partial charge is 1.00 e. The van der Waals surface area contributed by atoms with E-state index in [0.717, 1.165) is 0 Å². The van der Waals surface area contributed by atoms with E-state index in [4.69, 9.17) is 0 Å². The second-order valence-corrected chi connectivity index (χ2v) is 3.29. The zero-order chi connectivity index (χ0) is 17.0. The van der Waals surface area contributed by atoms with Gasteiger partial charge in [-0.15, -0.1) is 0 Å². The van der Waals surface area contributed by atoms with Gasteiger partial charge >= 0.3 is 65.6 Å². The first kappa shape index (κ1) is 23.3. The monoisotopic (exact) mass is 362 g/mol. The minimum absolute atomic E-state index is 0. The van der Waals surface area contributed by atoms with Crippen molar-refractivity contribution in [2.75, 3.05) is 0 Å². The number of halogens is 14. The second kappa shape index (κ2) is 5.58. The van der Waals surface area contributed by atoms with Gasteiger partial charge < -0.3 is 1.43 Å². The van der Waals surface area contributed by atoms with Crippen LogP contribution in [0.2, 0.25) is 0 Å². The van der Waals surface area contributed by atoms with Gasteiger partial charge in [0.1, 0.15) is 0 Å². The first-order chi connectivity index (χ1) is 8.25. The third-order valence-electron chi connectivity index (χ3n) is 1.90. The Morgan fingerprint density at radius 3 is 0.571 bits per heavy atom. The van der Waals surface area contributed by atoms with Crippen LogP contribution >= 0.6 is 0 Å². The third-order valence-corrected chi connectivity index (χ3v) is 1.90. The first-order valence-electron chi connectivity index (χ1n) is 3.90. The Kier molecular flexibility index (Phi) is 6.19. The van der Waals surface area contributed by atoms with Gasteiger partial charge in [0.2, 0.25) is 0 Å². The fourth-order valence-corrected chi connectivity index (χ4v) is 0.750. The van der Waals surface area contributed by atoms with Gasteiger partial charge in [-0.25, -0.2) is 0 Å². The predicted octanol–water partition coefficient (Wildman–Crippen LogP) is 1.77. The number of hydrogen-bond donors (Lipinski definition) is 0. The van der Waals surface area contributed by atoms with Crippen molar-refractivity contribution in [3.05, 3.63) is 0 Å². The first-order valence-corrected chi connectivity index (χ1v) is 3.90. The van der Waals surface area contributed by atoms with Crippen LogP contribution < -0.4 is 29.6 Å². The average Bonchev–Trinajstić information content (AvgIpc) is 2.12. The van der Waals surface area contributed by atoms with Crippen molar-refractivity contribution in [3.8, 4) is 0 Å². The maximum Gasteiger partial charge on any atom is 1.00 e. The van der Waals surface area contributed by atoms with Crippen molar-refractivity contribution >= 4 is 0 Å². The average molecular weight is 362 g/mol. The number of rotatable bonds is 3. The molecule has 0 atom stereocenters. The molecule has 15 heteroatoms. The summed E-state index contributed by atoms with van der Waals surface area (Å²) in [5.74, 6) is -31.7. The Morgan fingerprint density at radius 1 is 0.333 bits per heavy atom. The van der Waals surface area contributed by atoms with Crippen molar-refractivity contribution in [1.29, 1.82) is 0 Å². The van der Waals surface area contributed by atoms with Gasteiger partial charge in [-0.1, -0.05) is 0 Å². The molecule has 0 bridgehead atoms. The Labute approximate surface area is 129 Å². The number of alkyl halides is 14. The van der Waals surface area contributed by atoms with Crippen LogP contribution in [0.25, 0.3) is 0 Å². The molecule has 0 aliphatic carbocycles. The van der Waals surface area contributed by atoms with Crippen LogP contribution in [0.15, 0.2) is 0 Å². The summed E-state index contributed by atoms with van der Waals surface area (Å²) in [6.07, 6.45) is -15.0. The summed E-state index contributed by atoms with van der Waals surface area (Å²) in [7, 11) is 0. The maximum atomic E-state index is 12.3. The minimum Gasteiger partial charge on any atom is -1.00 e. The summed E-state index contributed by atoms with van der Waals surface area (Å²) in [5, 5.41) is 0. The van der Waals surface area contributed by atoms with E-state index in [1.165, 1.54) is 0 Å². The van der Waals surface area contributed by atoms with Crippen LogP contribution in [0.4, 0.5) is 61.5 Å². The van der Waals surface area contributed by atoms with Crippen LogP contribution in [-0.4, -0.2) is 36.0 Å². The van der Waals surface area contributed by atoms with Crippen LogP contribution in [0.5, 0.6) is 0 Å². The van der Waals surface area contributed by atoms with Crippen molar-refractivity contribution in [2.24, 2.45) is 0 Å². The van der Waals surface area contributed by atoms with Crippen LogP contribution in [-0.2, 0) is 0 Å². The van der Waals surface area contributed by atoms with E-state index < -0.39 is 36.0 Å². The van der Waals surface area contributed by atoms with E-state index in [0.29, 0.717) is 0 Å². The molecule has 0 saturated carbocycles. The van der Waals surface area contributed by atoms with Gasteiger partial charge in [-0.3, -0.25) is 0 Å². The second-order valence-electron chi connectivity index (χ2n) is 3.29. The smallest absolute Gasteiger partial charge is 1.00 e. The molecule has 0 radical (unpaired) electrons. The van der Waals surface area contributed by atoms with Crippen molar-refractivity contribution < 1.29 is 92.4 Å². The van der Waals surface area contributed by atoms with Crippen molar-refractivity contribution in [2.45, 2.75) is 36.0 Å². The molecule has 0 aromatic rings. The predicted molar refractivity (Wildman–Crippen MR) is 33.0 cm³/mol. The van der Waals surface area contributed by atoms with Crippen LogP contribution in [0.1, 0.15) is 1.43 Å². The molecule has 0 spiro atoms. The molecule has 0 amide bonds. The molecular formula is C6HF14Na. The molecule has 0 aliphatic rings. The summed E-state index contributed by atoms with van der Waals surface area (Å²) in [4.78, 5) is 0. The zero-order valence-electron chi connectivity index (χ0n) is 10.3. The van der Waals surface area contributed by atoms with E-state index in [1.54, 1.807) is 0 Å². The molecule has 0 saturated heterocycles. The SMILES string of the molecule is FC(F)(F)C(F)(F)C(F)(F)C(F)(F)C(F)(F)C(F)(F)F.[H-].[Na+].